The Morgan fingerprint density at radius 1 is 1.27 bits per heavy atom. The first-order valence-electron chi connectivity index (χ1n) is 7.91. The average Bonchev–Trinajstić information content (AvgIpc) is 3.31. The van der Waals surface area contributed by atoms with Crippen LogP contribution in [0.25, 0.3) is 0 Å². The van der Waals surface area contributed by atoms with Gasteiger partial charge in [-0.3, -0.25) is 9.59 Å². The molecule has 0 saturated heterocycles. The van der Waals surface area contributed by atoms with Gasteiger partial charge in [0.25, 0.3) is 0 Å². The second kappa shape index (κ2) is 7.05. The molecule has 1 aliphatic rings. The molecule has 0 aliphatic heterocycles. The van der Waals surface area contributed by atoms with Crippen LogP contribution in [0.4, 0.5) is 0 Å². The van der Waals surface area contributed by atoms with Crippen molar-refractivity contribution in [2.75, 3.05) is 13.6 Å². The monoisotopic (exact) mass is 303 g/mol. The van der Waals surface area contributed by atoms with Crippen molar-refractivity contribution in [1.82, 2.24) is 4.90 Å². The van der Waals surface area contributed by atoms with Gasteiger partial charge in [0.15, 0.2) is 5.78 Å². The highest BCUT2D eigenvalue weighted by Crippen LogP contribution is 2.32. The van der Waals surface area contributed by atoms with E-state index in [0.717, 1.165) is 24.0 Å². The van der Waals surface area contributed by atoms with Crippen LogP contribution in [-0.2, 0) is 4.79 Å². The van der Waals surface area contributed by atoms with Crippen molar-refractivity contribution >= 4 is 11.7 Å². The molecular formula is C18H25NO3. The number of aliphatic hydroxyl groups excluding tert-OH is 1. The van der Waals surface area contributed by atoms with Crippen molar-refractivity contribution in [3.05, 3.63) is 34.9 Å². The lowest BCUT2D eigenvalue weighted by Crippen LogP contribution is -2.35. The average molecular weight is 303 g/mol. The third-order valence-corrected chi connectivity index (χ3v) is 4.31. The van der Waals surface area contributed by atoms with Crippen LogP contribution in [0, 0.1) is 19.8 Å². The molecule has 4 nitrogen and oxygen atoms in total. The zero-order chi connectivity index (χ0) is 16.3. The van der Waals surface area contributed by atoms with Crippen molar-refractivity contribution in [1.29, 1.82) is 0 Å². The molecule has 1 N–H and O–H groups in total. The number of benzene rings is 1. The number of carbonyl (C=O) groups is 2. The first kappa shape index (κ1) is 16.7. The number of carbonyl (C=O) groups excluding carboxylic acids is 2. The van der Waals surface area contributed by atoms with E-state index in [1.807, 2.05) is 32.0 Å². The summed E-state index contributed by atoms with van der Waals surface area (Å²) in [5.41, 5.74) is 2.69. The lowest BCUT2D eigenvalue weighted by Gasteiger charge is -2.20. The quantitative estimate of drug-likeness (QED) is 0.787. The molecule has 0 spiro atoms. The molecule has 1 amide bonds. The van der Waals surface area contributed by atoms with E-state index in [-0.39, 0.29) is 24.5 Å². The number of aryl methyl sites for hydroxylation is 2. The zero-order valence-electron chi connectivity index (χ0n) is 13.6. The molecular weight excluding hydrogens is 278 g/mol. The van der Waals surface area contributed by atoms with Crippen molar-refractivity contribution < 1.29 is 14.7 Å². The lowest BCUT2D eigenvalue weighted by molar-refractivity contribution is -0.131. The number of aliphatic hydroxyl groups is 1. The van der Waals surface area contributed by atoms with Crippen molar-refractivity contribution in [3.8, 4) is 0 Å². The maximum Gasteiger partial charge on any atom is 0.222 e. The van der Waals surface area contributed by atoms with Gasteiger partial charge in [0, 0.05) is 32.0 Å². The molecule has 0 heterocycles. The number of amides is 1. The fraction of sp³-hybridized carbons (Fsp3) is 0.556. The number of hydrogen-bond donors (Lipinski definition) is 1. The third-order valence-electron chi connectivity index (χ3n) is 4.31. The van der Waals surface area contributed by atoms with Crippen molar-refractivity contribution in [2.24, 2.45) is 5.92 Å². The highest BCUT2D eigenvalue weighted by atomic mass is 16.3. The summed E-state index contributed by atoms with van der Waals surface area (Å²) in [6, 6.07) is 5.79. The number of likely N-dealkylation sites (N-methyl/N-ethyl adjacent to an activating group) is 1. The second-order valence-electron chi connectivity index (χ2n) is 6.42. The molecule has 2 rings (SSSR count). The number of nitrogens with zero attached hydrogens (tertiary/aromatic N) is 1. The first-order chi connectivity index (χ1) is 10.4. The fourth-order valence-corrected chi connectivity index (χ4v) is 2.59. The van der Waals surface area contributed by atoms with E-state index in [9.17, 15) is 14.7 Å². The largest absolute Gasteiger partial charge is 0.391 e. The topological polar surface area (TPSA) is 57.6 Å². The molecule has 1 unspecified atom stereocenters. The van der Waals surface area contributed by atoms with E-state index in [1.54, 1.807) is 11.9 Å². The van der Waals surface area contributed by atoms with Gasteiger partial charge < -0.3 is 10.0 Å². The van der Waals surface area contributed by atoms with Crippen LogP contribution in [0.5, 0.6) is 0 Å². The van der Waals surface area contributed by atoms with E-state index >= 15 is 0 Å². The lowest BCUT2D eigenvalue weighted by atomic mass is 9.99. The van der Waals surface area contributed by atoms with Crippen LogP contribution in [0.3, 0.4) is 0 Å². The minimum Gasteiger partial charge on any atom is -0.391 e. The molecule has 1 aromatic carbocycles. The summed E-state index contributed by atoms with van der Waals surface area (Å²) in [6.07, 6.45) is 2.08. The second-order valence-corrected chi connectivity index (χ2v) is 6.42. The van der Waals surface area contributed by atoms with Crippen LogP contribution >= 0.6 is 0 Å². The van der Waals surface area contributed by atoms with Crippen LogP contribution in [0.15, 0.2) is 18.2 Å². The Hall–Kier alpha value is -1.68. The Kier molecular flexibility index (Phi) is 5.35. The van der Waals surface area contributed by atoms with Gasteiger partial charge >= 0.3 is 0 Å². The summed E-state index contributed by atoms with van der Waals surface area (Å²) in [5, 5.41) is 9.87. The molecule has 4 heteroatoms. The van der Waals surface area contributed by atoms with Gasteiger partial charge in [-0.2, -0.15) is 0 Å². The van der Waals surface area contributed by atoms with Gasteiger partial charge in [0.05, 0.1) is 6.10 Å². The van der Waals surface area contributed by atoms with Gasteiger partial charge in [0.1, 0.15) is 0 Å². The van der Waals surface area contributed by atoms with Gasteiger partial charge in [-0.25, -0.2) is 0 Å². The Labute approximate surface area is 132 Å². The minimum absolute atomic E-state index is 0.00527. The molecule has 22 heavy (non-hydrogen) atoms. The molecule has 120 valence electrons. The Morgan fingerprint density at radius 3 is 2.59 bits per heavy atom. The van der Waals surface area contributed by atoms with Gasteiger partial charge in [-0.1, -0.05) is 17.7 Å². The van der Waals surface area contributed by atoms with Crippen LogP contribution < -0.4 is 0 Å². The standard InChI is InChI=1S/C18H25NO3/c1-12-4-5-13(2)15(10-12)16(20)8-9-18(22)19(3)11-17(21)14-6-7-14/h4-5,10,14,17,21H,6-9,11H2,1-3H3. The minimum atomic E-state index is -0.427. The van der Waals surface area contributed by atoms with E-state index in [0.29, 0.717) is 18.0 Å². The van der Waals surface area contributed by atoms with E-state index in [1.165, 1.54) is 0 Å². The highest BCUT2D eigenvalue weighted by molar-refractivity contribution is 5.99. The Bertz CT molecular complexity index is 563. The summed E-state index contributed by atoms with van der Waals surface area (Å²) in [5.74, 6) is 0.274. The molecule has 1 atom stereocenters. The highest BCUT2D eigenvalue weighted by Gasteiger charge is 2.31. The predicted molar refractivity (Wildman–Crippen MR) is 85.8 cm³/mol. The van der Waals surface area contributed by atoms with Gasteiger partial charge in [0.2, 0.25) is 5.91 Å². The smallest absolute Gasteiger partial charge is 0.222 e. The Balaban J connectivity index is 1.84. The molecule has 0 bridgehead atoms. The maximum atomic E-state index is 12.3. The number of ketones is 1. The molecule has 1 saturated carbocycles. The van der Waals surface area contributed by atoms with Crippen LogP contribution in [0.2, 0.25) is 0 Å². The number of rotatable bonds is 7. The summed E-state index contributed by atoms with van der Waals surface area (Å²) < 4.78 is 0. The molecule has 0 radical (unpaired) electrons. The maximum absolute atomic E-state index is 12.3. The molecule has 0 aromatic heterocycles. The summed E-state index contributed by atoms with van der Waals surface area (Å²) >= 11 is 0. The Morgan fingerprint density at radius 2 is 1.95 bits per heavy atom. The van der Waals surface area contributed by atoms with Crippen LogP contribution in [-0.4, -0.2) is 41.4 Å². The predicted octanol–water partition coefficient (Wildman–Crippen LogP) is 2.50. The number of hydrogen-bond acceptors (Lipinski definition) is 3. The SMILES string of the molecule is Cc1ccc(C)c(C(=O)CCC(=O)N(C)CC(O)C2CC2)c1. The van der Waals surface area contributed by atoms with Crippen molar-refractivity contribution in [2.45, 2.75) is 45.6 Å². The summed E-state index contributed by atoms with van der Waals surface area (Å²) in [4.78, 5) is 25.9. The molecule has 1 fully saturated rings. The molecule has 1 aliphatic carbocycles. The summed E-state index contributed by atoms with van der Waals surface area (Å²) in [7, 11) is 1.69. The third kappa shape index (κ3) is 4.41. The fourth-order valence-electron chi connectivity index (χ4n) is 2.59. The van der Waals surface area contributed by atoms with Gasteiger partial charge in [-0.05, 0) is 44.2 Å². The van der Waals surface area contributed by atoms with E-state index in [4.69, 9.17) is 0 Å². The van der Waals surface area contributed by atoms with Gasteiger partial charge in [-0.15, -0.1) is 0 Å². The zero-order valence-corrected chi connectivity index (χ0v) is 13.6. The van der Waals surface area contributed by atoms with Crippen LogP contribution in [0.1, 0.15) is 47.2 Å². The van der Waals surface area contributed by atoms with Crippen molar-refractivity contribution in [3.63, 3.8) is 0 Å². The first-order valence-corrected chi connectivity index (χ1v) is 7.91. The van der Waals surface area contributed by atoms with E-state index < -0.39 is 6.10 Å². The number of Topliss-reactive ketones (excluding diaryl/α,β-unsaturated/α-hetero) is 1. The van der Waals surface area contributed by atoms with E-state index in [2.05, 4.69) is 0 Å². The normalized spacial score (nSPS) is 15.5. The molecule has 1 aromatic rings. The summed E-state index contributed by atoms with van der Waals surface area (Å²) in [6.45, 7) is 4.22.